The Bertz CT molecular complexity index is 3290. The van der Waals surface area contributed by atoms with Gasteiger partial charge in [0.2, 0.25) is 11.8 Å². The van der Waals surface area contributed by atoms with E-state index in [0.717, 1.165) is 29.7 Å². The van der Waals surface area contributed by atoms with Crippen LogP contribution >= 0.6 is 0 Å². The molecule has 4 aromatic carbocycles. The van der Waals surface area contributed by atoms with Gasteiger partial charge in [0.15, 0.2) is 19.7 Å². The van der Waals surface area contributed by atoms with Crippen LogP contribution in [0.3, 0.4) is 0 Å². The molecule has 2 amide bonds. The van der Waals surface area contributed by atoms with Crippen molar-refractivity contribution in [3.63, 3.8) is 0 Å². The largest absolute Gasteiger partial charge is 0.456 e. The molecule has 0 aliphatic rings. The molecule has 6 N–H and O–H groups in total. The average molecular weight is 1020 g/mol. The zero-order valence-corrected chi connectivity index (χ0v) is 44.0. The number of aryl methyl sites for hydroxylation is 1. The number of nitrogens with two attached hydrogens (primary N) is 2. The Hall–Kier alpha value is -7.51. The Labute approximate surface area is 421 Å². The molecule has 2 heterocycles. The van der Waals surface area contributed by atoms with Gasteiger partial charge in [-0.3, -0.25) is 29.5 Å². The molecular formula is C53H63FN8O8S2. The van der Waals surface area contributed by atoms with Crippen molar-refractivity contribution >= 4 is 65.7 Å². The van der Waals surface area contributed by atoms with Crippen molar-refractivity contribution in [2.75, 3.05) is 12.5 Å². The van der Waals surface area contributed by atoms with Crippen LogP contribution in [0.15, 0.2) is 141 Å². The molecule has 6 rings (SSSR count). The Morgan fingerprint density at radius 1 is 0.639 bits per heavy atom. The summed E-state index contributed by atoms with van der Waals surface area (Å²) in [7, 11) is -6.80. The molecule has 6 aromatic rings. The van der Waals surface area contributed by atoms with Crippen molar-refractivity contribution in [2.24, 2.45) is 21.5 Å². The Kier molecular flexibility index (Phi) is 19.5. The molecule has 0 radical (unpaired) electrons. The third-order valence-electron chi connectivity index (χ3n) is 9.74. The number of halogens is 1. The highest BCUT2D eigenvalue weighted by molar-refractivity contribution is 7.91. The first-order chi connectivity index (χ1) is 33.7. The van der Waals surface area contributed by atoms with Crippen molar-refractivity contribution < 1.29 is 40.3 Å². The van der Waals surface area contributed by atoms with Crippen LogP contribution in [0.1, 0.15) is 72.1 Å². The molecule has 72 heavy (non-hydrogen) atoms. The van der Waals surface area contributed by atoms with Gasteiger partial charge in [-0.15, -0.1) is 0 Å². The molecule has 0 spiro atoms. The maximum Gasteiger partial charge on any atom is 0.228 e. The number of carbonyl (C=O) groups is 2. The fraction of sp³-hybridized carbons (Fsp3) is 0.283. The topological polar surface area (TPSA) is 247 Å². The van der Waals surface area contributed by atoms with Crippen LogP contribution in [0.2, 0.25) is 0 Å². The number of ether oxygens (including phenoxy) is 2. The van der Waals surface area contributed by atoms with E-state index in [4.69, 9.17) is 20.9 Å². The van der Waals surface area contributed by atoms with Crippen molar-refractivity contribution in [2.45, 2.75) is 96.0 Å². The second-order valence-corrected chi connectivity index (χ2v) is 22.2. The van der Waals surface area contributed by atoms with Gasteiger partial charge >= 0.3 is 0 Å². The number of nitrogens with one attached hydrogen (secondary N) is 2. The summed E-state index contributed by atoms with van der Waals surface area (Å²) in [5, 5.41) is 6.42. The first kappa shape index (κ1) is 57.1. The van der Waals surface area contributed by atoms with Gasteiger partial charge in [0.25, 0.3) is 0 Å². The van der Waals surface area contributed by atoms with E-state index in [0.29, 0.717) is 50.4 Å². The number of allylic oxidation sites excluding steroid dienone is 2. The Balaban J connectivity index is 0.000000302. The van der Waals surface area contributed by atoms with E-state index in [1.54, 1.807) is 48.8 Å². The highest BCUT2D eigenvalue weighted by Crippen LogP contribution is 2.34. The standard InChI is InChI=1S/C26H30N4O4S.C25H27FN4O4S.C2H6/c1-17-12-18(13-25(31)30-19(15-27)16-29-26(2,3)4)6-9-23(17)34-24-10-11-28-22-8-7-20(14-21(22)24)35(5,32)33;1-25(2,3)29-15-17(14-27)30-24(31)11-16-5-6-18(12-21(16)26)34-23-9-10-28-22-8-7-19(13-20(22)23)35(4,32)33;1-2/h6-12,14-16H,13,27H2,1-5H3,(H,30,31);5-10,12-15H,11,27H2,1-4H3,(H,30,31);1-2H3/b19-15+,29-16?;17-14+,29-15?;. The van der Waals surface area contributed by atoms with E-state index in [9.17, 15) is 30.8 Å². The molecule has 0 bridgehead atoms. The van der Waals surface area contributed by atoms with Crippen LogP contribution in [-0.2, 0) is 42.1 Å². The minimum absolute atomic E-state index is 0.119. The maximum absolute atomic E-state index is 14.8. The van der Waals surface area contributed by atoms with Gasteiger partial charge in [-0.25, -0.2) is 21.2 Å². The molecule has 0 aliphatic carbocycles. The summed E-state index contributed by atoms with van der Waals surface area (Å²) in [5.41, 5.74) is 14.2. The molecule has 2 aromatic heterocycles. The predicted octanol–water partition coefficient (Wildman–Crippen LogP) is 8.99. The maximum atomic E-state index is 14.8. The van der Waals surface area contributed by atoms with E-state index < -0.39 is 31.4 Å². The van der Waals surface area contributed by atoms with Crippen molar-refractivity contribution in [3.8, 4) is 23.0 Å². The number of hydrogen-bond acceptors (Lipinski definition) is 14. The molecule has 0 saturated heterocycles. The highest BCUT2D eigenvalue weighted by atomic mass is 32.2. The van der Waals surface area contributed by atoms with E-state index in [-0.39, 0.29) is 50.9 Å². The fourth-order valence-corrected chi connectivity index (χ4v) is 7.58. The lowest BCUT2D eigenvalue weighted by Gasteiger charge is -2.13. The molecular weight excluding hydrogens is 960 g/mol. The second kappa shape index (κ2) is 24.6. The summed E-state index contributed by atoms with van der Waals surface area (Å²) in [6, 6.07) is 22.1. The minimum atomic E-state index is -3.43. The fourth-order valence-electron chi connectivity index (χ4n) is 6.28. The van der Waals surface area contributed by atoms with Gasteiger partial charge in [0.1, 0.15) is 28.8 Å². The quantitative estimate of drug-likeness (QED) is 0.0747. The first-order valence-corrected chi connectivity index (χ1v) is 26.4. The third-order valence-corrected chi connectivity index (χ3v) is 12.0. The lowest BCUT2D eigenvalue weighted by atomic mass is 10.1. The number of benzene rings is 4. The summed E-state index contributed by atoms with van der Waals surface area (Å²) in [6.07, 6.45) is 10.9. The van der Waals surface area contributed by atoms with Crippen LogP contribution in [0, 0.1) is 12.7 Å². The number of carbonyl (C=O) groups excluding carboxylic acids is 2. The third kappa shape index (κ3) is 17.4. The number of pyridine rings is 2. The summed E-state index contributed by atoms with van der Waals surface area (Å²) in [4.78, 5) is 42.3. The number of sulfone groups is 2. The molecule has 382 valence electrons. The number of amides is 2. The zero-order chi connectivity index (χ0) is 53.6. The van der Waals surface area contributed by atoms with Crippen LogP contribution in [0.25, 0.3) is 21.8 Å². The number of hydrogen-bond donors (Lipinski definition) is 4. The highest BCUT2D eigenvalue weighted by Gasteiger charge is 2.17. The van der Waals surface area contributed by atoms with Crippen LogP contribution < -0.4 is 31.6 Å². The average Bonchev–Trinajstić information content (AvgIpc) is 3.30. The lowest BCUT2D eigenvalue weighted by molar-refractivity contribution is -0.120. The van der Waals surface area contributed by atoms with Crippen LogP contribution in [0.5, 0.6) is 23.0 Å². The summed E-state index contributed by atoms with van der Waals surface area (Å²) < 4.78 is 74.5. The summed E-state index contributed by atoms with van der Waals surface area (Å²) >= 11 is 0. The Morgan fingerprint density at radius 2 is 1.11 bits per heavy atom. The van der Waals surface area contributed by atoms with E-state index >= 15 is 0 Å². The number of fused-ring (bicyclic) bond motifs is 2. The SMILES string of the molecule is CC.CC(C)(C)N=C/C(=C\N)NC(=O)Cc1ccc(Oc2ccnc3ccc(S(C)(=O)=O)cc23)cc1F.Cc1cc(CC(=O)N/C(C=NC(C)(C)C)=C/N)ccc1Oc1ccnc2ccc(S(C)(=O)=O)cc12. The zero-order valence-electron chi connectivity index (χ0n) is 42.4. The molecule has 19 heteroatoms. The van der Waals surface area contributed by atoms with E-state index in [1.165, 1.54) is 55.1 Å². The predicted molar refractivity (Wildman–Crippen MR) is 284 cm³/mol. The Morgan fingerprint density at radius 3 is 1.54 bits per heavy atom. The molecule has 0 unspecified atom stereocenters. The summed E-state index contributed by atoms with van der Waals surface area (Å²) in [6.45, 7) is 17.4. The second-order valence-electron chi connectivity index (χ2n) is 18.1. The lowest BCUT2D eigenvalue weighted by Crippen LogP contribution is -2.27. The van der Waals surface area contributed by atoms with Crippen molar-refractivity contribution in [1.29, 1.82) is 0 Å². The van der Waals surface area contributed by atoms with Gasteiger partial charge in [0.05, 0.1) is 56.1 Å². The molecule has 0 fully saturated rings. The number of rotatable bonds is 14. The van der Waals surface area contributed by atoms with E-state index in [2.05, 4.69) is 30.6 Å². The van der Waals surface area contributed by atoms with Crippen LogP contribution in [-0.4, -0.2) is 74.6 Å². The van der Waals surface area contributed by atoms with Gasteiger partial charge in [-0.1, -0.05) is 32.0 Å². The van der Waals surface area contributed by atoms with Gasteiger partial charge in [0, 0.05) is 66.6 Å². The van der Waals surface area contributed by atoms with Gasteiger partial charge in [-0.05, 0) is 126 Å². The van der Waals surface area contributed by atoms with Crippen molar-refractivity contribution in [3.05, 3.63) is 144 Å². The normalized spacial score (nSPS) is 12.5. The number of aromatic nitrogens is 2. The smallest absolute Gasteiger partial charge is 0.228 e. The first-order valence-electron chi connectivity index (χ1n) is 22.7. The van der Waals surface area contributed by atoms with Crippen molar-refractivity contribution in [1.82, 2.24) is 20.6 Å². The van der Waals surface area contributed by atoms with Gasteiger partial charge < -0.3 is 31.6 Å². The molecule has 0 atom stereocenters. The molecule has 0 saturated carbocycles. The van der Waals surface area contributed by atoms with E-state index in [1.807, 2.05) is 74.4 Å². The number of nitrogens with zero attached hydrogens (tertiary/aromatic N) is 4. The monoisotopic (exact) mass is 1020 g/mol. The number of aliphatic imine (C=N–C) groups is 2. The molecule has 16 nitrogen and oxygen atoms in total. The summed E-state index contributed by atoms with van der Waals surface area (Å²) in [5.74, 6) is 0.280. The minimum Gasteiger partial charge on any atom is -0.456 e. The van der Waals surface area contributed by atoms with Gasteiger partial charge in [-0.2, -0.15) is 0 Å². The van der Waals surface area contributed by atoms with Crippen LogP contribution in [0.4, 0.5) is 4.39 Å². The molecule has 0 aliphatic heterocycles.